The summed E-state index contributed by atoms with van der Waals surface area (Å²) in [5.74, 6) is 0.458. The topological polar surface area (TPSA) is 71.2 Å². The fourth-order valence-corrected chi connectivity index (χ4v) is 3.48. The molecule has 0 fully saturated rings. The summed E-state index contributed by atoms with van der Waals surface area (Å²) in [5, 5.41) is 3.54. The van der Waals surface area contributed by atoms with Crippen molar-refractivity contribution in [2.45, 2.75) is 5.75 Å². The highest BCUT2D eigenvalue weighted by Gasteiger charge is 2.09. The van der Waals surface area contributed by atoms with Gasteiger partial charge >= 0.3 is 0 Å². The molecule has 1 amide bonds. The molecular weight excluding hydrogens is 391 g/mol. The van der Waals surface area contributed by atoms with Crippen LogP contribution in [0, 0.1) is 5.82 Å². The number of amides is 1. The van der Waals surface area contributed by atoms with Crippen molar-refractivity contribution in [2.75, 3.05) is 18.2 Å². The summed E-state index contributed by atoms with van der Waals surface area (Å²) in [4.78, 5) is 27.3. The molecule has 140 valence electrons. The van der Waals surface area contributed by atoms with E-state index in [4.69, 9.17) is 16.3 Å². The van der Waals surface area contributed by atoms with E-state index >= 15 is 0 Å². The highest BCUT2D eigenvalue weighted by molar-refractivity contribution is 7.99. The van der Waals surface area contributed by atoms with Gasteiger partial charge in [-0.05, 0) is 36.4 Å². The third-order valence-electron chi connectivity index (χ3n) is 3.77. The van der Waals surface area contributed by atoms with Crippen LogP contribution in [-0.2, 0) is 10.5 Å². The number of aromatic amines is 1. The minimum absolute atomic E-state index is 0.180. The zero-order valence-electron chi connectivity index (χ0n) is 14.3. The molecule has 0 radical (unpaired) electrons. The lowest BCUT2D eigenvalue weighted by atomic mass is 10.2. The Morgan fingerprint density at radius 3 is 2.85 bits per heavy atom. The molecule has 0 saturated carbocycles. The van der Waals surface area contributed by atoms with E-state index in [1.807, 2.05) is 0 Å². The van der Waals surface area contributed by atoms with Gasteiger partial charge in [-0.3, -0.25) is 9.59 Å². The number of methoxy groups -OCH3 is 1. The smallest absolute Gasteiger partial charge is 0.234 e. The highest BCUT2D eigenvalue weighted by Crippen LogP contribution is 2.27. The number of rotatable bonds is 6. The second-order valence-electron chi connectivity index (χ2n) is 5.73. The Hall–Kier alpha value is -2.51. The predicted octanol–water partition coefficient (Wildman–Crippen LogP) is 4.20. The molecule has 3 aromatic rings. The van der Waals surface area contributed by atoms with Gasteiger partial charge in [-0.2, -0.15) is 0 Å². The summed E-state index contributed by atoms with van der Waals surface area (Å²) < 4.78 is 18.4. The Morgan fingerprint density at radius 2 is 2.07 bits per heavy atom. The fraction of sp³-hybridized carbons (Fsp3) is 0.158. The van der Waals surface area contributed by atoms with E-state index in [1.54, 1.807) is 18.2 Å². The van der Waals surface area contributed by atoms with Gasteiger partial charge in [-0.15, -0.1) is 11.8 Å². The molecule has 0 aliphatic carbocycles. The minimum Gasteiger partial charge on any atom is -0.495 e. The summed E-state index contributed by atoms with van der Waals surface area (Å²) in [6, 6.07) is 10.4. The number of fused-ring (bicyclic) bond motifs is 1. The Labute approximate surface area is 163 Å². The monoisotopic (exact) mass is 406 g/mol. The van der Waals surface area contributed by atoms with Gasteiger partial charge in [0.2, 0.25) is 5.91 Å². The maximum Gasteiger partial charge on any atom is 0.234 e. The van der Waals surface area contributed by atoms with E-state index in [2.05, 4.69) is 10.3 Å². The van der Waals surface area contributed by atoms with Gasteiger partial charge in [0.05, 0.1) is 18.6 Å². The quantitative estimate of drug-likeness (QED) is 0.643. The maximum atomic E-state index is 13.2. The van der Waals surface area contributed by atoms with Crippen LogP contribution in [-0.4, -0.2) is 23.8 Å². The molecule has 0 spiro atoms. The summed E-state index contributed by atoms with van der Waals surface area (Å²) in [7, 11) is 1.51. The number of carbonyl (C=O) groups excluding carboxylic acids is 1. The molecular formula is C19H16ClFN2O3S. The Morgan fingerprint density at radius 1 is 1.26 bits per heavy atom. The number of pyridine rings is 1. The second kappa shape index (κ2) is 8.45. The first-order valence-electron chi connectivity index (χ1n) is 7.99. The number of hydrogen-bond donors (Lipinski definition) is 2. The van der Waals surface area contributed by atoms with Crippen molar-refractivity contribution in [1.82, 2.24) is 4.98 Å². The summed E-state index contributed by atoms with van der Waals surface area (Å²) in [6.45, 7) is 0. The molecule has 1 aromatic heterocycles. The molecule has 0 aliphatic rings. The largest absolute Gasteiger partial charge is 0.495 e. The summed E-state index contributed by atoms with van der Waals surface area (Å²) >= 11 is 7.29. The van der Waals surface area contributed by atoms with Crippen LogP contribution in [0.25, 0.3) is 10.9 Å². The van der Waals surface area contributed by atoms with Crippen molar-refractivity contribution >= 4 is 45.9 Å². The van der Waals surface area contributed by atoms with Crippen molar-refractivity contribution in [3.8, 4) is 5.75 Å². The normalized spacial score (nSPS) is 10.8. The molecule has 2 N–H and O–H groups in total. The van der Waals surface area contributed by atoms with Gasteiger partial charge in [0.1, 0.15) is 11.6 Å². The Balaban J connectivity index is 1.62. The predicted molar refractivity (Wildman–Crippen MR) is 107 cm³/mol. The molecule has 0 atom stereocenters. The van der Waals surface area contributed by atoms with Gasteiger partial charge in [-0.1, -0.05) is 11.6 Å². The number of ether oxygens (including phenoxy) is 1. The van der Waals surface area contributed by atoms with Crippen molar-refractivity contribution in [2.24, 2.45) is 0 Å². The summed E-state index contributed by atoms with van der Waals surface area (Å²) in [6.07, 6.45) is 0. The van der Waals surface area contributed by atoms with Crippen LogP contribution in [0.15, 0.2) is 47.3 Å². The van der Waals surface area contributed by atoms with Gasteiger partial charge in [-0.25, -0.2) is 4.39 Å². The van der Waals surface area contributed by atoms with Gasteiger partial charge in [0, 0.05) is 33.4 Å². The average molecular weight is 407 g/mol. The molecule has 0 unspecified atom stereocenters. The van der Waals surface area contributed by atoms with Crippen molar-refractivity contribution < 1.29 is 13.9 Å². The number of anilines is 1. The van der Waals surface area contributed by atoms with Gasteiger partial charge < -0.3 is 15.0 Å². The minimum atomic E-state index is -0.455. The van der Waals surface area contributed by atoms with E-state index in [0.29, 0.717) is 38.8 Å². The standard InChI is InChI=1S/C19H16ClFN2O3S/c1-26-18-5-2-11(20)6-16(18)23-19(25)10-27-9-13-8-17(24)14-7-12(21)3-4-15(14)22-13/h2-8H,9-10H2,1H3,(H,22,24)(H,23,25). The number of halogens is 2. The lowest BCUT2D eigenvalue weighted by Crippen LogP contribution is -2.15. The highest BCUT2D eigenvalue weighted by atomic mass is 35.5. The van der Waals surface area contributed by atoms with E-state index in [1.165, 1.54) is 43.1 Å². The maximum absolute atomic E-state index is 13.2. The molecule has 2 aromatic carbocycles. The van der Waals surface area contributed by atoms with Gasteiger partial charge in [0.25, 0.3) is 0 Å². The number of aromatic nitrogens is 1. The average Bonchev–Trinajstić information content (AvgIpc) is 2.62. The van der Waals surface area contributed by atoms with Crippen LogP contribution in [0.1, 0.15) is 5.69 Å². The van der Waals surface area contributed by atoms with Crippen molar-refractivity contribution in [1.29, 1.82) is 0 Å². The number of nitrogens with one attached hydrogen (secondary N) is 2. The van der Waals surface area contributed by atoms with Gasteiger partial charge in [0.15, 0.2) is 5.43 Å². The molecule has 27 heavy (non-hydrogen) atoms. The number of thioether (sulfide) groups is 1. The first-order valence-corrected chi connectivity index (χ1v) is 9.52. The number of H-pyrrole nitrogens is 1. The van der Waals surface area contributed by atoms with E-state index in [9.17, 15) is 14.0 Å². The zero-order chi connectivity index (χ0) is 19.4. The van der Waals surface area contributed by atoms with E-state index in [0.717, 1.165) is 0 Å². The van der Waals surface area contributed by atoms with Crippen LogP contribution in [0.2, 0.25) is 5.02 Å². The van der Waals surface area contributed by atoms with E-state index < -0.39 is 5.82 Å². The van der Waals surface area contributed by atoms with Crippen LogP contribution >= 0.6 is 23.4 Å². The molecule has 8 heteroatoms. The van der Waals surface area contributed by atoms with Crippen LogP contribution in [0.4, 0.5) is 10.1 Å². The number of carbonyl (C=O) groups is 1. The van der Waals surface area contributed by atoms with Crippen LogP contribution < -0.4 is 15.5 Å². The number of hydrogen-bond acceptors (Lipinski definition) is 4. The Bertz CT molecular complexity index is 1050. The molecule has 0 aliphatic heterocycles. The first-order chi connectivity index (χ1) is 13.0. The molecule has 1 heterocycles. The fourth-order valence-electron chi connectivity index (χ4n) is 2.57. The third-order valence-corrected chi connectivity index (χ3v) is 4.99. The molecule has 3 rings (SSSR count). The first kappa shape index (κ1) is 19.3. The van der Waals surface area contributed by atoms with E-state index in [-0.39, 0.29) is 17.1 Å². The third kappa shape index (κ3) is 4.81. The van der Waals surface area contributed by atoms with Crippen LogP contribution in [0.3, 0.4) is 0 Å². The van der Waals surface area contributed by atoms with Crippen molar-refractivity contribution in [3.63, 3.8) is 0 Å². The molecule has 0 saturated heterocycles. The lowest BCUT2D eigenvalue weighted by Gasteiger charge is -2.10. The SMILES string of the molecule is COc1ccc(Cl)cc1NC(=O)CSCc1cc(=O)c2cc(F)ccc2[nH]1. The molecule has 0 bridgehead atoms. The van der Waals surface area contributed by atoms with Crippen molar-refractivity contribution in [3.05, 3.63) is 69.2 Å². The zero-order valence-corrected chi connectivity index (χ0v) is 15.9. The number of benzene rings is 2. The molecule has 5 nitrogen and oxygen atoms in total. The summed E-state index contributed by atoms with van der Waals surface area (Å²) in [5.41, 5.74) is 1.47. The van der Waals surface area contributed by atoms with Crippen LogP contribution in [0.5, 0.6) is 5.75 Å². The lowest BCUT2D eigenvalue weighted by molar-refractivity contribution is -0.113. The second-order valence-corrected chi connectivity index (χ2v) is 7.16. The Kier molecular flexibility index (Phi) is 6.03.